The van der Waals surface area contributed by atoms with Crippen molar-refractivity contribution in [2.45, 2.75) is 12.6 Å². The van der Waals surface area contributed by atoms with Crippen LogP contribution in [0.2, 0.25) is 0 Å². The number of nitrogens with zero attached hydrogens (tertiary/aromatic N) is 1. The molecule has 3 heteroatoms. The summed E-state index contributed by atoms with van der Waals surface area (Å²) in [6.45, 7) is 0. The molecule has 0 fully saturated rings. The molecule has 0 radical (unpaired) electrons. The maximum atomic E-state index is 5.50. The number of aromatic nitrogens is 1. The van der Waals surface area contributed by atoms with Crippen LogP contribution in [0.25, 0.3) is 0 Å². The Kier molecular flexibility index (Phi) is 5.67. The number of methoxy groups -OCH3 is 1. The minimum absolute atomic E-state index is 0. The molecule has 0 N–H and O–H groups in total. The van der Waals surface area contributed by atoms with Gasteiger partial charge < -0.3 is 17.1 Å². The van der Waals surface area contributed by atoms with Crippen LogP contribution >= 0.6 is 0 Å². The molecule has 0 aliphatic rings. The molecule has 90 valence electrons. The second kappa shape index (κ2) is 7.05. The monoisotopic (exact) mass is 249 g/mol. The highest BCUT2D eigenvalue weighted by Crippen LogP contribution is 2.08. The lowest BCUT2D eigenvalue weighted by atomic mass is 10.1. The van der Waals surface area contributed by atoms with Gasteiger partial charge in [0.1, 0.15) is 0 Å². The zero-order chi connectivity index (χ0) is 11.2. The molecule has 1 atom stereocenters. The zero-order valence-electron chi connectivity index (χ0n) is 9.79. The summed E-state index contributed by atoms with van der Waals surface area (Å²) in [7, 11) is 1.74. The van der Waals surface area contributed by atoms with E-state index in [1.165, 1.54) is 5.56 Å². The number of benzene rings is 1. The third kappa shape index (κ3) is 3.84. The smallest absolute Gasteiger partial charge is 0.266 e. The zero-order valence-corrected chi connectivity index (χ0v) is 10.5. The molecule has 0 aliphatic heterocycles. The summed E-state index contributed by atoms with van der Waals surface area (Å²) in [6, 6.07) is 16.4. The van der Waals surface area contributed by atoms with Gasteiger partial charge in [-0.05, 0) is 5.56 Å². The molecule has 1 unspecified atom stereocenters. The molecule has 0 bridgehead atoms. The summed E-state index contributed by atoms with van der Waals surface area (Å²) >= 11 is 0. The van der Waals surface area contributed by atoms with Crippen molar-refractivity contribution in [1.29, 1.82) is 0 Å². The molecule has 0 spiro atoms. The third-order valence-electron chi connectivity index (χ3n) is 2.60. The minimum Gasteiger partial charge on any atom is -1.00 e. The Hall–Kier alpha value is -1.38. The van der Waals surface area contributed by atoms with Gasteiger partial charge in [0.15, 0.2) is 12.4 Å². The van der Waals surface area contributed by atoms with E-state index in [4.69, 9.17) is 4.74 Å². The summed E-state index contributed by atoms with van der Waals surface area (Å²) in [5, 5.41) is 0. The largest absolute Gasteiger partial charge is 1.00 e. The van der Waals surface area contributed by atoms with Crippen LogP contribution in [-0.2, 0) is 11.2 Å². The van der Waals surface area contributed by atoms with Crippen LogP contribution in [-0.4, -0.2) is 7.11 Å². The maximum absolute atomic E-state index is 5.50. The van der Waals surface area contributed by atoms with Gasteiger partial charge in [-0.2, -0.15) is 4.57 Å². The van der Waals surface area contributed by atoms with Crippen molar-refractivity contribution in [3.05, 3.63) is 66.5 Å². The van der Waals surface area contributed by atoms with Gasteiger partial charge in [0.2, 0.25) is 0 Å². The lowest BCUT2D eigenvalue weighted by molar-refractivity contribution is -0.760. The first kappa shape index (κ1) is 13.7. The van der Waals surface area contributed by atoms with Crippen LogP contribution in [0.5, 0.6) is 0 Å². The molecule has 1 aromatic heterocycles. The fourth-order valence-corrected chi connectivity index (χ4v) is 1.73. The van der Waals surface area contributed by atoms with Crippen molar-refractivity contribution >= 4 is 0 Å². The van der Waals surface area contributed by atoms with Crippen LogP contribution in [0, 0.1) is 0 Å². The Labute approximate surface area is 108 Å². The molecular weight excluding hydrogens is 234 g/mol. The second-order valence-corrected chi connectivity index (χ2v) is 3.70. The minimum atomic E-state index is 0. The van der Waals surface area contributed by atoms with Crippen LogP contribution < -0.4 is 17.0 Å². The van der Waals surface area contributed by atoms with E-state index >= 15 is 0 Å². The third-order valence-corrected chi connectivity index (χ3v) is 2.60. The molecule has 17 heavy (non-hydrogen) atoms. The molecule has 2 rings (SSSR count). The molecular formula is C14H16ClNO. The van der Waals surface area contributed by atoms with Gasteiger partial charge in [-0.1, -0.05) is 36.4 Å². The number of hydrogen-bond donors (Lipinski definition) is 0. The van der Waals surface area contributed by atoms with Gasteiger partial charge in [0.05, 0.1) is 6.42 Å². The lowest BCUT2D eigenvalue weighted by Crippen LogP contribution is -3.00. The average Bonchev–Trinajstić information content (AvgIpc) is 2.38. The molecule has 2 aromatic rings. The standard InChI is InChI=1S/C14H16NO.ClH/c1-16-14(15-10-6-3-7-11-15)12-13-8-4-2-5-9-13;/h2-11,14H,12H2,1H3;1H/q+1;/p-1. The number of ether oxygens (including phenoxy) is 1. The van der Waals surface area contributed by atoms with E-state index in [0.717, 1.165) is 6.42 Å². The van der Waals surface area contributed by atoms with Crippen molar-refractivity contribution in [3.63, 3.8) is 0 Å². The van der Waals surface area contributed by atoms with Crippen LogP contribution in [0.4, 0.5) is 0 Å². The molecule has 0 aliphatic carbocycles. The molecule has 0 saturated carbocycles. The summed E-state index contributed by atoms with van der Waals surface area (Å²) in [5.74, 6) is 0. The number of halogens is 1. The molecule has 1 aromatic carbocycles. The lowest BCUT2D eigenvalue weighted by Gasteiger charge is -2.10. The summed E-state index contributed by atoms with van der Waals surface area (Å²) in [4.78, 5) is 0. The van der Waals surface area contributed by atoms with E-state index in [1.54, 1.807) is 7.11 Å². The Bertz CT molecular complexity index is 419. The summed E-state index contributed by atoms with van der Waals surface area (Å²) < 4.78 is 7.58. The van der Waals surface area contributed by atoms with E-state index in [9.17, 15) is 0 Å². The van der Waals surface area contributed by atoms with Crippen molar-refractivity contribution in [2.75, 3.05) is 7.11 Å². The van der Waals surface area contributed by atoms with E-state index in [1.807, 2.05) is 36.7 Å². The highest BCUT2D eigenvalue weighted by atomic mass is 35.5. The number of pyridine rings is 1. The van der Waals surface area contributed by atoms with Crippen molar-refractivity contribution in [3.8, 4) is 0 Å². The van der Waals surface area contributed by atoms with E-state index in [-0.39, 0.29) is 18.6 Å². The van der Waals surface area contributed by atoms with Gasteiger partial charge in [0.25, 0.3) is 6.23 Å². The van der Waals surface area contributed by atoms with E-state index in [2.05, 4.69) is 28.8 Å². The van der Waals surface area contributed by atoms with Crippen LogP contribution in [0.3, 0.4) is 0 Å². The quantitative estimate of drug-likeness (QED) is 0.658. The maximum Gasteiger partial charge on any atom is 0.266 e. The normalized spacial score (nSPS) is 11.6. The summed E-state index contributed by atoms with van der Waals surface area (Å²) in [6.07, 6.45) is 4.99. The molecule has 0 amide bonds. The van der Waals surface area contributed by atoms with Gasteiger partial charge in [-0.15, -0.1) is 0 Å². The fourth-order valence-electron chi connectivity index (χ4n) is 1.73. The summed E-state index contributed by atoms with van der Waals surface area (Å²) in [5.41, 5.74) is 1.28. The highest BCUT2D eigenvalue weighted by molar-refractivity contribution is 5.14. The Morgan fingerprint density at radius 2 is 1.59 bits per heavy atom. The Morgan fingerprint density at radius 3 is 2.18 bits per heavy atom. The fraction of sp³-hybridized carbons (Fsp3) is 0.214. The first-order valence-electron chi connectivity index (χ1n) is 5.42. The SMILES string of the molecule is COC(Cc1ccccc1)[n+]1ccccc1.[Cl-]. The first-order valence-corrected chi connectivity index (χ1v) is 5.42. The van der Waals surface area contributed by atoms with Crippen molar-refractivity contribution in [1.82, 2.24) is 0 Å². The van der Waals surface area contributed by atoms with Gasteiger partial charge in [0, 0.05) is 19.2 Å². The topological polar surface area (TPSA) is 13.1 Å². The number of hydrogen-bond acceptors (Lipinski definition) is 1. The first-order chi connectivity index (χ1) is 7.90. The average molecular weight is 250 g/mol. The predicted molar refractivity (Wildman–Crippen MR) is 62.8 cm³/mol. The molecule has 0 saturated heterocycles. The Morgan fingerprint density at radius 1 is 1.00 bits per heavy atom. The highest BCUT2D eigenvalue weighted by Gasteiger charge is 2.16. The number of rotatable bonds is 4. The van der Waals surface area contributed by atoms with Gasteiger partial charge in [-0.3, -0.25) is 0 Å². The van der Waals surface area contributed by atoms with E-state index in [0.29, 0.717) is 0 Å². The second-order valence-electron chi connectivity index (χ2n) is 3.70. The van der Waals surface area contributed by atoms with Crippen molar-refractivity contribution in [2.24, 2.45) is 0 Å². The van der Waals surface area contributed by atoms with Crippen LogP contribution in [0.15, 0.2) is 60.9 Å². The molecule has 1 heterocycles. The van der Waals surface area contributed by atoms with Crippen LogP contribution in [0.1, 0.15) is 11.8 Å². The predicted octanol–water partition coefficient (Wildman–Crippen LogP) is -0.634. The Balaban J connectivity index is 0.00000144. The molecule has 2 nitrogen and oxygen atoms in total. The van der Waals surface area contributed by atoms with Gasteiger partial charge in [-0.25, -0.2) is 0 Å². The van der Waals surface area contributed by atoms with E-state index < -0.39 is 0 Å². The van der Waals surface area contributed by atoms with Crippen molar-refractivity contribution < 1.29 is 21.7 Å². The van der Waals surface area contributed by atoms with Gasteiger partial charge >= 0.3 is 0 Å².